The van der Waals surface area contributed by atoms with Crippen molar-refractivity contribution in [2.24, 2.45) is 0 Å². The van der Waals surface area contributed by atoms with Gasteiger partial charge in [0.25, 0.3) is 11.8 Å². The number of rotatable bonds is 6. The van der Waals surface area contributed by atoms with Gasteiger partial charge in [0.1, 0.15) is 11.4 Å². The van der Waals surface area contributed by atoms with Gasteiger partial charge in [-0.25, -0.2) is 0 Å². The van der Waals surface area contributed by atoms with Crippen LogP contribution >= 0.6 is 0 Å². The van der Waals surface area contributed by atoms with Crippen molar-refractivity contribution in [3.05, 3.63) is 83.7 Å². The van der Waals surface area contributed by atoms with Crippen LogP contribution < -0.4 is 15.4 Å². The maximum Gasteiger partial charge on any atom is 0.274 e. The quantitative estimate of drug-likeness (QED) is 0.641. The maximum atomic E-state index is 12.5. The molecule has 1 heterocycles. The predicted molar refractivity (Wildman–Crippen MR) is 114 cm³/mol. The summed E-state index contributed by atoms with van der Waals surface area (Å²) in [5.74, 6) is 0.0286. The number of nitrogens with one attached hydrogen (secondary N) is 2. The van der Waals surface area contributed by atoms with Gasteiger partial charge in [-0.1, -0.05) is 12.1 Å². The van der Waals surface area contributed by atoms with Crippen LogP contribution in [0.15, 0.2) is 66.9 Å². The lowest BCUT2D eigenvalue weighted by atomic mass is 10.2. The van der Waals surface area contributed by atoms with Crippen molar-refractivity contribution >= 4 is 23.2 Å². The van der Waals surface area contributed by atoms with Crippen LogP contribution in [0.1, 0.15) is 40.3 Å². The summed E-state index contributed by atoms with van der Waals surface area (Å²) in [6, 6.07) is 17.6. The molecule has 2 amide bonds. The SMILES string of the molecule is Cc1cccc(NC(=O)c2ccnc(C(=O)Nc3ccc(OC(C)C)cc3)c2)c1. The second kappa shape index (κ2) is 9.01. The Labute approximate surface area is 169 Å². The van der Waals surface area contributed by atoms with E-state index in [0.717, 1.165) is 11.3 Å². The Kier molecular flexibility index (Phi) is 6.24. The van der Waals surface area contributed by atoms with E-state index in [0.29, 0.717) is 16.9 Å². The highest BCUT2D eigenvalue weighted by Gasteiger charge is 2.13. The summed E-state index contributed by atoms with van der Waals surface area (Å²) in [4.78, 5) is 29.1. The first kappa shape index (κ1) is 20.1. The monoisotopic (exact) mass is 389 g/mol. The normalized spacial score (nSPS) is 10.5. The van der Waals surface area contributed by atoms with Crippen LogP contribution in [-0.2, 0) is 0 Å². The van der Waals surface area contributed by atoms with E-state index < -0.39 is 5.91 Å². The number of nitrogens with zero attached hydrogens (tertiary/aromatic N) is 1. The molecule has 0 spiro atoms. The molecule has 0 saturated heterocycles. The number of carbonyl (C=O) groups excluding carboxylic acids is 2. The van der Waals surface area contributed by atoms with Crippen LogP contribution in [0.4, 0.5) is 11.4 Å². The minimum Gasteiger partial charge on any atom is -0.491 e. The molecule has 0 bridgehead atoms. The summed E-state index contributed by atoms with van der Waals surface area (Å²) in [5.41, 5.74) is 2.86. The Balaban J connectivity index is 1.68. The first-order valence-corrected chi connectivity index (χ1v) is 9.33. The predicted octanol–water partition coefficient (Wildman–Crippen LogP) is 4.68. The molecule has 0 fully saturated rings. The molecule has 0 radical (unpaired) electrons. The van der Waals surface area contributed by atoms with Crippen molar-refractivity contribution in [2.75, 3.05) is 10.6 Å². The maximum absolute atomic E-state index is 12.5. The Morgan fingerprint density at radius 3 is 2.31 bits per heavy atom. The minimum atomic E-state index is -0.396. The molecule has 6 nitrogen and oxygen atoms in total. The zero-order valence-electron chi connectivity index (χ0n) is 16.6. The number of carbonyl (C=O) groups is 2. The molecular formula is C23H23N3O3. The molecule has 2 aromatic carbocycles. The summed E-state index contributed by atoms with van der Waals surface area (Å²) < 4.78 is 5.59. The zero-order valence-corrected chi connectivity index (χ0v) is 16.6. The van der Waals surface area contributed by atoms with Crippen molar-refractivity contribution in [2.45, 2.75) is 26.9 Å². The Morgan fingerprint density at radius 1 is 0.897 bits per heavy atom. The van der Waals surface area contributed by atoms with Crippen LogP contribution in [0, 0.1) is 6.92 Å². The third-order valence-electron chi connectivity index (χ3n) is 4.01. The van der Waals surface area contributed by atoms with E-state index in [9.17, 15) is 9.59 Å². The first-order valence-electron chi connectivity index (χ1n) is 9.33. The van der Waals surface area contributed by atoms with Gasteiger partial charge < -0.3 is 15.4 Å². The fraction of sp³-hybridized carbons (Fsp3) is 0.174. The molecule has 3 rings (SSSR count). The molecular weight excluding hydrogens is 366 g/mol. The molecule has 29 heavy (non-hydrogen) atoms. The third kappa shape index (κ3) is 5.65. The van der Waals surface area contributed by atoms with Gasteiger partial charge in [-0.05, 0) is 74.9 Å². The average Bonchev–Trinajstić information content (AvgIpc) is 2.69. The number of pyridine rings is 1. The fourth-order valence-electron chi connectivity index (χ4n) is 2.71. The summed E-state index contributed by atoms with van der Waals surface area (Å²) in [5, 5.41) is 5.60. The number of benzene rings is 2. The lowest BCUT2D eigenvalue weighted by molar-refractivity contribution is 0.102. The molecule has 0 saturated carbocycles. The summed E-state index contributed by atoms with van der Waals surface area (Å²) in [6.45, 7) is 5.85. The molecule has 148 valence electrons. The van der Waals surface area contributed by atoms with Crippen molar-refractivity contribution in [3.8, 4) is 5.75 Å². The van der Waals surface area contributed by atoms with Gasteiger partial charge in [-0.2, -0.15) is 0 Å². The Morgan fingerprint density at radius 2 is 1.62 bits per heavy atom. The van der Waals surface area contributed by atoms with E-state index in [2.05, 4.69) is 15.6 Å². The first-order chi connectivity index (χ1) is 13.9. The van der Waals surface area contributed by atoms with Gasteiger partial charge in [0.15, 0.2) is 0 Å². The zero-order chi connectivity index (χ0) is 20.8. The van der Waals surface area contributed by atoms with E-state index in [-0.39, 0.29) is 17.7 Å². The van der Waals surface area contributed by atoms with E-state index in [4.69, 9.17) is 4.74 Å². The van der Waals surface area contributed by atoms with E-state index >= 15 is 0 Å². The standard InChI is InChI=1S/C23H23N3O3/c1-15(2)29-20-9-7-18(8-10-20)25-23(28)21-14-17(11-12-24-21)22(27)26-19-6-4-5-16(3)13-19/h4-15H,1-3H3,(H,25,28)(H,26,27). The molecule has 1 aromatic heterocycles. The van der Waals surface area contributed by atoms with Crippen LogP contribution in [0.2, 0.25) is 0 Å². The molecule has 0 aliphatic heterocycles. The summed E-state index contributed by atoms with van der Waals surface area (Å²) >= 11 is 0. The van der Waals surface area contributed by atoms with Gasteiger partial charge in [0.2, 0.25) is 0 Å². The fourth-order valence-corrected chi connectivity index (χ4v) is 2.71. The number of hydrogen-bond donors (Lipinski definition) is 2. The molecule has 0 aliphatic rings. The van der Waals surface area contributed by atoms with Crippen molar-refractivity contribution in [1.82, 2.24) is 4.98 Å². The molecule has 2 N–H and O–H groups in total. The Hall–Kier alpha value is -3.67. The van der Waals surface area contributed by atoms with Gasteiger partial charge in [-0.15, -0.1) is 0 Å². The highest BCUT2D eigenvalue weighted by atomic mass is 16.5. The number of aryl methyl sites for hydroxylation is 1. The van der Waals surface area contributed by atoms with Crippen LogP contribution in [0.3, 0.4) is 0 Å². The Bertz CT molecular complexity index is 1010. The van der Waals surface area contributed by atoms with E-state index in [1.54, 1.807) is 30.3 Å². The molecule has 0 atom stereocenters. The highest BCUT2D eigenvalue weighted by Crippen LogP contribution is 2.18. The number of aromatic nitrogens is 1. The lowest BCUT2D eigenvalue weighted by Gasteiger charge is -2.11. The number of ether oxygens (including phenoxy) is 1. The van der Waals surface area contributed by atoms with Crippen LogP contribution in [0.5, 0.6) is 5.75 Å². The average molecular weight is 389 g/mol. The highest BCUT2D eigenvalue weighted by molar-refractivity contribution is 6.07. The van der Waals surface area contributed by atoms with Gasteiger partial charge in [0, 0.05) is 23.1 Å². The minimum absolute atomic E-state index is 0.0772. The van der Waals surface area contributed by atoms with Gasteiger partial charge >= 0.3 is 0 Å². The largest absolute Gasteiger partial charge is 0.491 e. The molecule has 0 unspecified atom stereocenters. The van der Waals surface area contributed by atoms with Crippen LogP contribution in [0.25, 0.3) is 0 Å². The van der Waals surface area contributed by atoms with E-state index in [1.807, 2.05) is 45.0 Å². The molecule has 6 heteroatoms. The third-order valence-corrected chi connectivity index (χ3v) is 4.01. The number of anilines is 2. The lowest BCUT2D eigenvalue weighted by Crippen LogP contribution is -2.17. The van der Waals surface area contributed by atoms with Crippen molar-refractivity contribution < 1.29 is 14.3 Å². The number of amides is 2. The van der Waals surface area contributed by atoms with E-state index in [1.165, 1.54) is 12.3 Å². The second-order valence-electron chi connectivity index (χ2n) is 6.90. The molecule has 3 aromatic rings. The smallest absolute Gasteiger partial charge is 0.274 e. The summed E-state index contributed by atoms with van der Waals surface area (Å²) in [7, 11) is 0. The van der Waals surface area contributed by atoms with Gasteiger partial charge in [-0.3, -0.25) is 14.6 Å². The summed E-state index contributed by atoms with van der Waals surface area (Å²) in [6.07, 6.45) is 1.52. The van der Waals surface area contributed by atoms with Crippen molar-refractivity contribution in [3.63, 3.8) is 0 Å². The van der Waals surface area contributed by atoms with Crippen molar-refractivity contribution in [1.29, 1.82) is 0 Å². The molecule has 0 aliphatic carbocycles. The number of hydrogen-bond acceptors (Lipinski definition) is 4. The van der Waals surface area contributed by atoms with Gasteiger partial charge in [0.05, 0.1) is 6.10 Å². The second-order valence-corrected chi connectivity index (χ2v) is 6.90. The van der Waals surface area contributed by atoms with Crippen LogP contribution in [-0.4, -0.2) is 22.9 Å². The topological polar surface area (TPSA) is 80.3 Å².